The molecular weight excluding hydrogens is 418 g/mol. The number of aromatic nitrogens is 4. The topological polar surface area (TPSA) is 95.1 Å². The second-order valence-corrected chi connectivity index (χ2v) is 7.50. The van der Waals surface area contributed by atoms with E-state index in [-0.39, 0.29) is 12.3 Å². The van der Waals surface area contributed by atoms with Crippen molar-refractivity contribution in [2.45, 2.75) is 19.3 Å². The number of ether oxygens (including phenoxy) is 1. The molecule has 31 heavy (non-hydrogen) atoms. The quantitative estimate of drug-likeness (QED) is 0.451. The van der Waals surface area contributed by atoms with Crippen molar-refractivity contribution >= 4 is 28.5 Å². The highest BCUT2D eigenvalue weighted by molar-refractivity contribution is 6.31. The summed E-state index contributed by atoms with van der Waals surface area (Å²) in [6.07, 6.45) is 1.26. The minimum Gasteiger partial charge on any atom is -0.497 e. The monoisotopic (exact) mass is 439 g/mol. The molecule has 2 heterocycles. The highest BCUT2D eigenvalue weighted by Gasteiger charge is 2.12. The number of rotatable bonds is 8. The number of carbonyl (C=O) groups is 1. The van der Waals surface area contributed by atoms with Gasteiger partial charge < -0.3 is 19.1 Å². The number of benzene rings is 2. The van der Waals surface area contributed by atoms with Gasteiger partial charge >= 0.3 is 0 Å². The molecule has 0 spiro atoms. The number of nitrogens with zero attached hydrogens (tertiary/aromatic N) is 4. The number of hydrogen-bond donors (Lipinski definition) is 1. The van der Waals surface area contributed by atoms with Crippen molar-refractivity contribution < 1.29 is 14.1 Å². The maximum absolute atomic E-state index is 12.2. The Bertz CT molecular complexity index is 1200. The standard InChI is InChI=1S/C22H22ClN5O3/c1-28-18-8-5-15(23)13-17(18)25-19(28)11-12-24-20(29)9-10-21-26-22(27-31-21)14-3-6-16(30-2)7-4-14/h3-8,13H,9-12H2,1-2H3,(H,24,29). The fourth-order valence-electron chi connectivity index (χ4n) is 3.28. The van der Waals surface area contributed by atoms with Crippen molar-refractivity contribution in [1.29, 1.82) is 0 Å². The van der Waals surface area contributed by atoms with E-state index in [1.807, 2.05) is 54.1 Å². The summed E-state index contributed by atoms with van der Waals surface area (Å²) >= 11 is 6.03. The summed E-state index contributed by atoms with van der Waals surface area (Å²) in [6, 6.07) is 13.0. The number of fused-ring (bicyclic) bond motifs is 1. The van der Waals surface area contributed by atoms with Gasteiger partial charge in [0.2, 0.25) is 17.6 Å². The van der Waals surface area contributed by atoms with Crippen LogP contribution in [0.5, 0.6) is 5.75 Å². The number of carbonyl (C=O) groups excluding carboxylic acids is 1. The van der Waals surface area contributed by atoms with E-state index >= 15 is 0 Å². The maximum atomic E-state index is 12.2. The Morgan fingerprint density at radius 1 is 1.16 bits per heavy atom. The third-order valence-electron chi connectivity index (χ3n) is 4.99. The lowest BCUT2D eigenvalue weighted by atomic mass is 10.2. The number of amides is 1. The van der Waals surface area contributed by atoms with Crippen molar-refractivity contribution in [3.8, 4) is 17.1 Å². The first-order chi connectivity index (χ1) is 15.0. The predicted octanol–water partition coefficient (Wildman–Crippen LogP) is 3.58. The molecule has 4 aromatic rings. The van der Waals surface area contributed by atoms with Crippen molar-refractivity contribution in [1.82, 2.24) is 25.0 Å². The molecule has 9 heteroatoms. The Morgan fingerprint density at radius 2 is 1.97 bits per heavy atom. The largest absolute Gasteiger partial charge is 0.497 e. The van der Waals surface area contributed by atoms with Gasteiger partial charge in [-0.05, 0) is 42.5 Å². The molecule has 2 aromatic heterocycles. The van der Waals surface area contributed by atoms with E-state index in [9.17, 15) is 4.79 Å². The zero-order chi connectivity index (χ0) is 21.8. The Balaban J connectivity index is 1.26. The van der Waals surface area contributed by atoms with Gasteiger partial charge in [-0.25, -0.2) is 4.98 Å². The number of nitrogens with one attached hydrogen (secondary N) is 1. The van der Waals surface area contributed by atoms with E-state index in [0.717, 1.165) is 28.2 Å². The third kappa shape index (κ3) is 4.86. The van der Waals surface area contributed by atoms with Crippen LogP contribution in [-0.2, 0) is 24.7 Å². The van der Waals surface area contributed by atoms with Gasteiger partial charge in [0.25, 0.3) is 0 Å². The van der Waals surface area contributed by atoms with Crippen LogP contribution in [0.4, 0.5) is 0 Å². The lowest BCUT2D eigenvalue weighted by Crippen LogP contribution is -2.26. The second kappa shape index (κ2) is 9.18. The van der Waals surface area contributed by atoms with Crippen LogP contribution in [0, 0.1) is 0 Å². The molecule has 0 aliphatic heterocycles. The Labute approximate surface area is 184 Å². The molecule has 8 nitrogen and oxygen atoms in total. The average molecular weight is 440 g/mol. The zero-order valence-corrected chi connectivity index (χ0v) is 18.0. The van der Waals surface area contributed by atoms with Crippen molar-refractivity contribution in [2.24, 2.45) is 7.05 Å². The van der Waals surface area contributed by atoms with E-state index < -0.39 is 0 Å². The normalized spacial score (nSPS) is 11.1. The molecular formula is C22H22ClN5O3. The minimum absolute atomic E-state index is 0.0778. The number of hydrogen-bond acceptors (Lipinski definition) is 6. The zero-order valence-electron chi connectivity index (χ0n) is 17.3. The first-order valence-corrected chi connectivity index (χ1v) is 10.3. The summed E-state index contributed by atoms with van der Waals surface area (Å²) in [4.78, 5) is 21.1. The van der Waals surface area contributed by atoms with Crippen molar-refractivity contribution in [3.05, 3.63) is 59.2 Å². The van der Waals surface area contributed by atoms with Crippen LogP contribution in [0.15, 0.2) is 47.0 Å². The highest BCUT2D eigenvalue weighted by atomic mass is 35.5. The summed E-state index contributed by atoms with van der Waals surface area (Å²) in [6.45, 7) is 0.491. The molecule has 4 rings (SSSR count). The Morgan fingerprint density at radius 3 is 2.74 bits per heavy atom. The van der Waals surface area contributed by atoms with Gasteiger partial charge in [-0.3, -0.25) is 4.79 Å². The van der Waals surface area contributed by atoms with Gasteiger partial charge in [-0.15, -0.1) is 0 Å². The van der Waals surface area contributed by atoms with Crippen molar-refractivity contribution in [2.75, 3.05) is 13.7 Å². The molecule has 1 N–H and O–H groups in total. The minimum atomic E-state index is -0.0778. The summed E-state index contributed by atoms with van der Waals surface area (Å²) < 4.78 is 12.4. The van der Waals surface area contributed by atoms with E-state index in [4.69, 9.17) is 20.9 Å². The molecule has 0 saturated carbocycles. The number of aryl methyl sites for hydroxylation is 2. The molecule has 0 bridgehead atoms. The number of methoxy groups -OCH3 is 1. The molecule has 0 unspecified atom stereocenters. The van der Waals surface area contributed by atoms with Gasteiger partial charge in [-0.2, -0.15) is 4.98 Å². The lowest BCUT2D eigenvalue weighted by molar-refractivity contribution is -0.121. The van der Waals surface area contributed by atoms with Gasteiger partial charge in [0.05, 0.1) is 18.1 Å². The number of halogens is 1. The fourth-order valence-corrected chi connectivity index (χ4v) is 3.45. The van der Waals surface area contributed by atoms with Crippen LogP contribution >= 0.6 is 11.6 Å². The van der Waals surface area contributed by atoms with Gasteiger partial charge in [0.1, 0.15) is 11.6 Å². The smallest absolute Gasteiger partial charge is 0.227 e. The molecule has 0 atom stereocenters. The lowest BCUT2D eigenvalue weighted by Gasteiger charge is -2.05. The molecule has 0 aliphatic carbocycles. The SMILES string of the molecule is COc1ccc(-c2noc(CCC(=O)NCCc3nc4cc(Cl)ccc4n3C)n2)cc1. The summed E-state index contributed by atoms with van der Waals surface area (Å²) in [5.74, 6) is 2.48. The van der Waals surface area contributed by atoms with Crippen LogP contribution in [0.25, 0.3) is 22.4 Å². The van der Waals surface area contributed by atoms with Crippen LogP contribution in [0.3, 0.4) is 0 Å². The van der Waals surface area contributed by atoms with Crippen LogP contribution in [-0.4, -0.2) is 39.3 Å². The van der Waals surface area contributed by atoms with Crippen LogP contribution in [0.2, 0.25) is 5.02 Å². The fraction of sp³-hybridized carbons (Fsp3) is 0.273. The molecule has 0 radical (unpaired) electrons. The summed E-state index contributed by atoms with van der Waals surface area (Å²) in [5, 5.41) is 7.55. The third-order valence-corrected chi connectivity index (χ3v) is 5.22. The highest BCUT2D eigenvalue weighted by Crippen LogP contribution is 2.21. The summed E-state index contributed by atoms with van der Waals surface area (Å²) in [5.41, 5.74) is 2.68. The van der Waals surface area contributed by atoms with Crippen LogP contribution in [0.1, 0.15) is 18.1 Å². The van der Waals surface area contributed by atoms with Crippen LogP contribution < -0.4 is 10.1 Å². The summed E-state index contributed by atoms with van der Waals surface area (Å²) in [7, 11) is 3.57. The molecule has 2 aromatic carbocycles. The predicted molar refractivity (Wildman–Crippen MR) is 117 cm³/mol. The van der Waals surface area contributed by atoms with Gasteiger partial charge in [-0.1, -0.05) is 16.8 Å². The first-order valence-electron chi connectivity index (χ1n) is 9.88. The second-order valence-electron chi connectivity index (χ2n) is 7.06. The van der Waals surface area contributed by atoms with E-state index in [2.05, 4.69) is 20.4 Å². The molecule has 0 aliphatic rings. The first kappa shape index (κ1) is 20.9. The Hall–Kier alpha value is -3.39. The maximum Gasteiger partial charge on any atom is 0.227 e. The molecule has 0 fully saturated rings. The van der Waals surface area contributed by atoms with Gasteiger partial charge in [0, 0.05) is 43.4 Å². The van der Waals surface area contributed by atoms with E-state index in [0.29, 0.717) is 36.1 Å². The molecule has 1 amide bonds. The van der Waals surface area contributed by atoms with E-state index in [1.54, 1.807) is 7.11 Å². The average Bonchev–Trinajstić information content (AvgIpc) is 3.37. The van der Waals surface area contributed by atoms with E-state index in [1.165, 1.54) is 0 Å². The van der Waals surface area contributed by atoms with Crippen molar-refractivity contribution in [3.63, 3.8) is 0 Å². The molecule has 160 valence electrons. The van der Waals surface area contributed by atoms with Gasteiger partial charge in [0.15, 0.2) is 0 Å². The Kier molecular flexibility index (Phi) is 6.18. The molecule has 0 saturated heterocycles. The number of imidazole rings is 1.